The number of hydrogen-bond acceptors (Lipinski definition) is 7. The molecule has 3 aromatic rings. The van der Waals surface area contributed by atoms with Crippen molar-refractivity contribution in [2.75, 3.05) is 62.3 Å². The number of anilines is 2. The summed E-state index contributed by atoms with van der Waals surface area (Å²) in [5.74, 6) is 1.54. The lowest BCUT2D eigenvalue weighted by Gasteiger charge is -2.35. The minimum absolute atomic E-state index is 0.256. The number of halogens is 1. The van der Waals surface area contributed by atoms with Gasteiger partial charge in [0.15, 0.2) is 0 Å². The molecule has 32 heavy (non-hydrogen) atoms. The van der Waals surface area contributed by atoms with Crippen LogP contribution in [0.15, 0.2) is 53.4 Å². The Kier molecular flexibility index (Phi) is 5.90. The normalized spacial score (nSPS) is 18.3. The monoisotopic (exact) mass is 473 g/mol. The first-order valence-corrected chi connectivity index (χ1v) is 12.4. The van der Waals surface area contributed by atoms with Crippen LogP contribution in [0, 0.1) is 0 Å². The second-order valence-corrected chi connectivity index (χ2v) is 10.2. The minimum Gasteiger partial charge on any atom is -0.378 e. The van der Waals surface area contributed by atoms with Gasteiger partial charge in [-0.2, -0.15) is 9.29 Å². The number of aromatic nitrogens is 2. The molecule has 0 amide bonds. The number of sulfonamides is 1. The fraction of sp³-hybridized carbons (Fsp3) is 0.364. The maximum Gasteiger partial charge on any atom is 0.243 e. The number of hydrogen-bond donors (Lipinski definition) is 0. The van der Waals surface area contributed by atoms with E-state index in [0.717, 1.165) is 29.8 Å². The smallest absolute Gasteiger partial charge is 0.243 e. The van der Waals surface area contributed by atoms with Crippen LogP contribution in [0.5, 0.6) is 0 Å². The summed E-state index contributed by atoms with van der Waals surface area (Å²) in [4.78, 5) is 14.2. The van der Waals surface area contributed by atoms with Crippen LogP contribution in [-0.2, 0) is 14.8 Å². The van der Waals surface area contributed by atoms with Gasteiger partial charge in [0.1, 0.15) is 5.82 Å². The summed E-state index contributed by atoms with van der Waals surface area (Å²) in [6, 6.07) is 14.3. The molecule has 0 radical (unpaired) electrons. The average Bonchev–Trinajstić information content (AvgIpc) is 2.84. The number of morpholine rings is 1. The van der Waals surface area contributed by atoms with Gasteiger partial charge in [-0.05, 0) is 36.4 Å². The van der Waals surface area contributed by atoms with Gasteiger partial charge in [-0.3, -0.25) is 0 Å². The standard InChI is InChI=1S/C22H24ClN5O3S/c23-17-5-7-18(8-6-17)32(29,30)28-11-9-27(10-12-28)22-24-20-4-2-1-3-19(20)21(25-22)26-13-15-31-16-14-26/h1-8H,9-16H2. The van der Waals surface area contributed by atoms with Crippen LogP contribution in [-0.4, -0.2) is 75.2 Å². The number of piperazine rings is 1. The van der Waals surface area contributed by atoms with Gasteiger partial charge in [-0.1, -0.05) is 23.7 Å². The SMILES string of the molecule is O=S(=O)(c1ccc(Cl)cc1)N1CCN(c2nc(N3CCOCC3)c3ccccc3n2)CC1. The van der Waals surface area contributed by atoms with Crippen molar-refractivity contribution in [2.45, 2.75) is 4.90 Å². The molecule has 10 heteroatoms. The first-order chi connectivity index (χ1) is 15.5. The zero-order valence-electron chi connectivity index (χ0n) is 17.5. The summed E-state index contributed by atoms with van der Waals surface area (Å²) in [6.07, 6.45) is 0. The third-order valence-corrected chi connectivity index (χ3v) is 8.02. The number of ether oxygens (including phenoxy) is 1. The molecule has 0 spiro atoms. The lowest BCUT2D eigenvalue weighted by atomic mass is 10.2. The highest BCUT2D eigenvalue weighted by atomic mass is 35.5. The molecule has 8 nitrogen and oxygen atoms in total. The average molecular weight is 474 g/mol. The quantitative estimate of drug-likeness (QED) is 0.576. The Labute approximate surface area is 192 Å². The molecule has 0 aliphatic carbocycles. The predicted octanol–water partition coefficient (Wildman–Crippen LogP) is 2.63. The highest BCUT2D eigenvalue weighted by molar-refractivity contribution is 7.89. The summed E-state index contributed by atoms with van der Waals surface area (Å²) >= 11 is 5.91. The fourth-order valence-electron chi connectivity index (χ4n) is 4.09. The van der Waals surface area contributed by atoms with Crippen LogP contribution >= 0.6 is 11.6 Å². The van der Waals surface area contributed by atoms with E-state index in [9.17, 15) is 8.42 Å². The Balaban J connectivity index is 1.38. The highest BCUT2D eigenvalue weighted by Crippen LogP contribution is 2.28. The second kappa shape index (κ2) is 8.82. The van der Waals surface area contributed by atoms with Crippen molar-refractivity contribution in [1.29, 1.82) is 0 Å². The molecule has 2 aromatic carbocycles. The van der Waals surface area contributed by atoms with Gasteiger partial charge >= 0.3 is 0 Å². The van der Waals surface area contributed by atoms with Crippen molar-refractivity contribution in [3.63, 3.8) is 0 Å². The van der Waals surface area contributed by atoms with E-state index in [1.165, 1.54) is 4.31 Å². The van der Waals surface area contributed by atoms with E-state index >= 15 is 0 Å². The molecule has 1 aromatic heterocycles. The van der Waals surface area contributed by atoms with E-state index in [4.69, 9.17) is 26.3 Å². The molecule has 0 saturated carbocycles. The zero-order valence-corrected chi connectivity index (χ0v) is 19.1. The Morgan fingerprint density at radius 3 is 2.22 bits per heavy atom. The van der Waals surface area contributed by atoms with Gasteiger partial charge < -0.3 is 14.5 Å². The van der Waals surface area contributed by atoms with Gasteiger partial charge in [-0.25, -0.2) is 13.4 Å². The molecule has 0 atom stereocenters. The number of fused-ring (bicyclic) bond motifs is 1. The van der Waals surface area contributed by atoms with Crippen LogP contribution < -0.4 is 9.80 Å². The van der Waals surface area contributed by atoms with Crippen LogP contribution in [0.3, 0.4) is 0 Å². The topological polar surface area (TPSA) is 78.9 Å². The van der Waals surface area contributed by atoms with Crippen LogP contribution in [0.25, 0.3) is 10.9 Å². The maximum atomic E-state index is 13.0. The molecule has 5 rings (SSSR count). The number of rotatable bonds is 4. The molecule has 2 aliphatic rings. The van der Waals surface area contributed by atoms with Gasteiger partial charge in [0.2, 0.25) is 16.0 Å². The van der Waals surface area contributed by atoms with Gasteiger partial charge in [0.05, 0.1) is 23.6 Å². The van der Waals surface area contributed by atoms with Gasteiger partial charge in [0.25, 0.3) is 0 Å². The number of nitrogens with zero attached hydrogens (tertiary/aromatic N) is 5. The van der Waals surface area contributed by atoms with Crippen LogP contribution in [0.4, 0.5) is 11.8 Å². The summed E-state index contributed by atoms with van der Waals surface area (Å²) < 4.78 is 33.0. The largest absolute Gasteiger partial charge is 0.378 e. The van der Waals surface area contributed by atoms with Crippen molar-refractivity contribution in [1.82, 2.24) is 14.3 Å². The Hall–Kier alpha value is -2.46. The highest BCUT2D eigenvalue weighted by Gasteiger charge is 2.30. The summed E-state index contributed by atoms with van der Waals surface area (Å²) in [6.45, 7) is 4.70. The van der Waals surface area contributed by atoms with E-state index in [0.29, 0.717) is 50.4 Å². The van der Waals surface area contributed by atoms with Gasteiger partial charge in [0, 0.05) is 49.7 Å². The number of para-hydroxylation sites is 1. The van der Waals surface area contributed by atoms with Crippen LogP contribution in [0.2, 0.25) is 5.02 Å². The maximum absolute atomic E-state index is 13.0. The van der Waals surface area contributed by atoms with E-state index in [2.05, 4.69) is 9.80 Å². The lowest BCUT2D eigenvalue weighted by molar-refractivity contribution is 0.122. The molecule has 3 heterocycles. The van der Waals surface area contributed by atoms with E-state index in [1.807, 2.05) is 24.3 Å². The summed E-state index contributed by atoms with van der Waals surface area (Å²) in [7, 11) is -3.56. The molecule has 0 bridgehead atoms. The van der Waals surface area contributed by atoms with Crippen molar-refractivity contribution in [3.05, 3.63) is 53.6 Å². The van der Waals surface area contributed by atoms with Crippen molar-refractivity contribution in [2.24, 2.45) is 0 Å². The van der Waals surface area contributed by atoms with E-state index in [1.54, 1.807) is 24.3 Å². The molecule has 0 unspecified atom stereocenters. The number of benzene rings is 2. The third-order valence-electron chi connectivity index (χ3n) is 5.85. The molecule has 2 fully saturated rings. The van der Waals surface area contributed by atoms with Crippen molar-refractivity contribution >= 4 is 44.3 Å². The first-order valence-electron chi connectivity index (χ1n) is 10.6. The molecule has 2 saturated heterocycles. The van der Waals surface area contributed by atoms with Crippen LogP contribution in [0.1, 0.15) is 0 Å². The lowest BCUT2D eigenvalue weighted by Crippen LogP contribution is -2.49. The Morgan fingerprint density at radius 1 is 0.812 bits per heavy atom. The molecular formula is C22H24ClN5O3S. The molecule has 168 valence electrons. The second-order valence-electron chi connectivity index (χ2n) is 7.81. The van der Waals surface area contributed by atoms with Crippen molar-refractivity contribution in [3.8, 4) is 0 Å². The van der Waals surface area contributed by atoms with Crippen molar-refractivity contribution < 1.29 is 13.2 Å². The predicted molar refractivity (Wildman–Crippen MR) is 125 cm³/mol. The Morgan fingerprint density at radius 2 is 1.50 bits per heavy atom. The van der Waals surface area contributed by atoms with Gasteiger partial charge in [-0.15, -0.1) is 0 Å². The van der Waals surface area contributed by atoms with E-state index < -0.39 is 10.0 Å². The van der Waals surface area contributed by atoms with E-state index in [-0.39, 0.29) is 4.90 Å². The summed E-state index contributed by atoms with van der Waals surface area (Å²) in [5, 5.41) is 1.53. The fourth-order valence-corrected chi connectivity index (χ4v) is 5.64. The first kappa shape index (κ1) is 21.4. The minimum atomic E-state index is -3.56. The Bertz CT molecular complexity index is 1210. The summed E-state index contributed by atoms with van der Waals surface area (Å²) in [5.41, 5.74) is 0.884. The third kappa shape index (κ3) is 4.13. The zero-order chi connectivity index (χ0) is 22.1. The molecule has 0 N–H and O–H groups in total. The molecular weight excluding hydrogens is 450 g/mol. The molecule has 2 aliphatic heterocycles.